The second-order valence-electron chi connectivity index (χ2n) is 6.55. The Bertz CT molecular complexity index is 1080. The molecule has 0 saturated carbocycles. The molecule has 1 fully saturated rings. The van der Waals surface area contributed by atoms with E-state index in [0.717, 1.165) is 5.56 Å². The molecule has 9 heteroatoms. The lowest BCUT2D eigenvalue weighted by Gasteiger charge is -2.09. The van der Waals surface area contributed by atoms with Gasteiger partial charge in [-0.05, 0) is 64.0 Å². The molecule has 4 rings (SSSR count). The van der Waals surface area contributed by atoms with Crippen LogP contribution < -0.4 is 10.2 Å². The lowest BCUT2D eigenvalue weighted by molar-refractivity contribution is -0.123. The van der Waals surface area contributed by atoms with Gasteiger partial charge >= 0.3 is 0 Å². The largest absolute Gasteiger partial charge is 0.484 e. The summed E-state index contributed by atoms with van der Waals surface area (Å²) in [6.07, 6.45) is 1.39. The highest BCUT2D eigenvalue weighted by atomic mass is 79.9. The first-order valence-corrected chi connectivity index (χ1v) is 12.3. The van der Waals surface area contributed by atoms with E-state index in [1.807, 2.05) is 47.8 Å². The predicted molar refractivity (Wildman–Crippen MR) is 127 cm³/mol. The summed E-state index contributed by atoms with van der Waals surface area (Å²) in [5.74, 6) is 3.28. The summed E-state index contributed by atoms with van der Waals surface area (Å²) in [5.41, 5.74) is 4.39. The van der Waals surface area contributed by atoms with Crippen LogP contribution in [-0.4, -0.2) is 30.2 Å². The van der Waals surface area contributed by atoms with Crippen LogP contribution in [0.4, 0.5) is 4.39 Å². The number of carbonyl (C=O) groups excluding carboxylic acids is 1. The summed E-state index contributed by atoms with van der Waals surface area (Å²) in [5, 5.41) is 3.89. The van der Waals surface area contributed by atoms with Crippen molar-refractivity contribution in [1.29, 1.82) is 0 Å². The zero-order chi connectivity index (χ0) is 21.6. The number of halogens is 2. The van der Waals surface area contributed by atoms with Gasteiger partial charge in [-0.25, -0.2) is 9.82 Å². The number of hydrazone groups is 1. The van der Waals surface area contributed by atoms with Crippen LogP contribution in [-0.2, 0) is 4.79 Å². The van der Waals surface area contributed by atoms with Gasteiger partial charge in [0.25, 0.3) is 5.91 Å². The average molecular weight is 521 g/mol. The predicted octanol–water partition coefficient (Wildman–Crippen LogP) is 5.86. The molecule has 3 aromatic rings. The standard InChI is InChI=1S/C22H18BrFN2O3S2/c23-19-11-15(24)3-7-18(19)20-8-6-17(29-20)12-25-26-21(27)13-28-16-4-1-14(2-5-16)22-30-9-10-31-22/h1-8,11-12,22H,9-10,13H2,(H,26,27)/b25-12-. The number of hydrogen-bond acceptors (Lipinski definition) is 6. The Kier molecular flexibility index (Phi) is 7.37. The van der Waals surface area contributed by atoms with Crippen molar-refractivity contribution >= 4 is 51.6 Å². The number of nitrogens with zero attached hydrogens (tertiary/aromatic N) is 1. The van der Waals surface area contributed by atoms with Gasteiger partial charge in [-0.15, -0.1) is 23.5 Å². The highest BCUT2D eigenvalue weighted by Gasteiger charge is 2.18. The minimum Gasteiger partial charge on any atom is -0.484 e. The Labute approximate surface area is 195 Å². The maximum atomic E-state index is 13.2. The van der Waals surface area contributed by atoms with E-state index in [1.54, 1.807) is 18.2 Å². The summed E-state index contributed by atoms with van der Waals surface area (Å²) < 4.78 is 25.5. The third-order valence-corrected chi connectivity index (χ3v) is 8.11. The van der Waals surface area contributed by atoms with Crippen molar-refractivity contribution in [3.8, 4) is 17.1 Å². The van der Waals surface area contributed by atoms with E-state index >= 15 is 0 Å². The van der Waals surface area contributed by atoms with Gasteiger partial charge < -0.3 is 9.15 Å². The van der Waals surface area contributed by atoms with Gasteiger partial charge in [0.15, 0.2) is 6.61 Å². The molecule has 1 aliphatic heterocycles. The fraction of sp³-hybridized carbons (Fsp3) is 0.182. The minimum atomic E-state index is -0.379. The molecule has 0 atom stereocenters. The number of hydrogen-bond donors (Lipinski definition) is 1. The van der Waals surface area contributed by atoms with E-state index < -0.39 is 0 Å². The van der Waals surface area contributed by atoms with E-state index in [9.17, 15) is 9.18 Å². The molecule has 0 unspecified atom stereocenters. The fourth-order valence-electron chi connectivity index (χ4n) is 2.88. The zero-order valence-corrected chi connectivity index (χ0v) is 19.4. The van der Waals surface area contributed by atoms with Crippen LogP contribution in [0.5, 0.6) is 5.75 Å². The minimum absolute atomic E-state index is 0.143. The molecular weight excluding hydrogens is 503 g/mol. The monoisotopic (exact) mass is 520 g/mol. The maximum absolute atomic E-state index is 13.2. The Balaban J connectivity index is 1.25. The van der Waals surface area contributed by atoms with Crippen molar-refractivity contribution in [2.45, 2.75) is 4.58 Å². The first kappa shape index (κ1) is 22.0. The molecule has 1 aromatic heterocycles. The van der Waals surface area contributed by atoms with Crippen molar-refractivity contribution in [2.75, 3.05) is 18.1 Å². The molecule has 2 heterocycles. The molecule has 1 amide bonds. The molecule has 2 aromatic carbocycles. The van der Waals surface area contributed by atoms with Crippen molar-refractivity contribution in [1.82, 2.24) is 5.43 Å². The van der Waals surface area contributed by atoms with Gasteiger partial charge in [0.05, 0.1) is 10.8 Å². The topological polar surface area (TPSA) is 63.8 Å². The quantitative estimate of drug-likeness (QED) is 0.312. The Morgan fingerprint density at radius 2 is 1.97 bits per heavy atom. The lowest BCUT2D eigenvalue weighted by atomic mass is 10.2. The van der Waals surface area contributed by atoms with Crippen LogP contribution in [0, 0.1) is 5.82 Å². The van der Waals surface area contributed by atoms with Crippen LogP contribution in [0.25, 0.3) is 11.3 Å². The van der Waals surface area contributed by atoms with E-state index in [2.05, 4.69) is 26.5 Å². The zero-order valence-electron chi connectivity index (χ0n) is 16.2. The van der Waals surface area contributed by atoms with Gasteiger partial charge in [0.2, 0.25) is 0 Å². The molecule has 0 spiro atoms. The van der Waals surface area contributed by atoms with Gasteiger partial charge in [0.1, 0.15) is 23.1 Å². The summed E-state index contributed by atoms with van der Waals surface area (Å²) >= 11 is 7.21. The number of carbonyl (C=O) groups is 1. The highest BCUT2D eigenvalue weighted by molar-refractivity contribution is 9.10. The summed E-state index contributed by atoms with van der Waals surface area (Å²) in [7, 11) is 0. The van der Waals surface area contributed by atoms with Gasteiger partial charge in [0, 0.05) is 21.5 Å². The molecule has 160 valence electrons. The molecule has 1 aliphatic rings. The van der Waals surface area contributed by atoms with E-state index in [0.29, 0.717) is 26.3 Å². The Hall–Kier alpha value is -2.23. The Morgan fingerprint density at radius 1 is 1.19 bits per heavy atom. The third kappa shape index (κ3) is 5.93. The fourth-order valence-corrected chi connectivity index (χ4v) is 6.28. The highest BCUT2D eigenvalue weighted by Crippen LogP contribution is 2.45. The second kappa shape index (κ2) is 10.4. The third-order valence-electron chi connectivity index (χ3n) is 4.35. The number of ether oxygens (including phenoxy) is 1. The van der Waals surface area contributed by atoms with Crippen LogP contribution in [0.15, 0.2) is 68.6 Å². The molecule has 1 saturated heterocycles. The van der Waals surface area contributed by atoms with Crippen LogP contribution >= 0.6 is 39.5 Å². The number of thioether (sulfide) groups is 2. The SMILES string of the molecule is O=C(COc1ccc(C2SCCS2)cc1)N/N=C\c1ccc(-c2ccc(F)cc2Br)o1. The van der Waals surface area contributed by atoms with Crippen molar-refractivity contribution in [3.63, 3.8) is 0 Å². The number of rotatable bonds is 7. The molecule has 0 aliphatic carbocycles. The summed E-state index contributed by atoms with van der Waals surface area (Å²) in [4.78, 5) is 12.0. The molecule has 1 N–H and O–H groups in total. The normalized spacial score (nSPS) is 14.3. The Morgan fingerprint density at radius 3 is 2.71 bits per heavy atom. The number of amides is 1. The number of furan rings is 1. The van der Waals surface area contributed by atoms with Crippen LogP contribution in [0.2, 0.25) is 0 Å². The first-order chi connectivity index (χ1) is 15.1. The van der Waals surface area contributed by atoms with E-state index in [4.69, 9.17) is 9.15 Å². The van der Waals surface area contributed by atoms with E-state index in [1.165, 1.54) is 35.4 Å². The smallest absolute Gasteiger partial charge is 0.277 e. The first-order valence-electron chi connectivity index (χ1n) is 9.41. The maximum Gasteiger partial charge on any atom is 0.277 e. The molecule has 0 radical (unpaired) electrons. The summed E-state index contributed by atoms with van der Waals surface area (Å²) in [6, 6.07) is 15.6. The second-order valence-corrected chi connectivity index (χ2v) is 10.1. The molecule has 5 nitrogen and oxygen atoms in total. The number of benzene rings is 2. The molecule has 0 bridgehead atoms. The van der Waals surface area contributed by atoms with Crippen molar-refractivity contribution in [2.24, 2.45) is 5.10 Å². The average Bonchev–Trinajstić information content (AvgIpc) is 3.45. The number of nitrogens with one attached hydrogen (secondary N) is 1. The van der Waals surface area contributed by atoms with Gasteiger partial charge in [-0.1, -0.05) is 12.1 Å². The van der Waals surface area contributed by atoms with Crippen LogP contribution in [0.3, 0.4) is 0 Å². The summed E-state index contributed by atoms with van der Waals surface area (Å²) in [6.45, 7) is -0.143. The molecular formula is C22H18BrFN2O3S2. The van der Waals surface area contributed by atoms with Crippen molar-refractivity contribution < 1.29 is 18.3 Å². The van der Waals surface area contributed by atoms with Crippen LogP contribution in [0.1, 0.15) is 15.9 Å². The lowest BCUT2D eigenvalue weighted by Crippen LogP contribution is -2.24. The van der Waals surface area contributed by atoms with E-state index in [-0.39, 0.29) is 18.3 Å². The molecule has 31 heavy (non-hydrogen) atoms. The van der Waals surface area contributed by atoms with Gasteiger partial charge in [-0.3, -0.25) is 4.79 Å². The van der Waals surface area contributed by atoms with Crippen molar-refractivity contribution in [3.05, 3.63) is 76.2 Å². The van der Waals surface area contributed by atoms with Gasteiger partial charge in [-0.2, -0.15) is 5.10 Å².